The number of terminal acetylenes is 1. The van der Waals surface area contributed by atoms with E-state index in [1.807, 2.05) is 6.08 Å². The van der Waals surface area contributed by atoms with Crippen molar-refractivity contribution in [1.82, 2.24) is 0 Å². The summed E-state index contributed by atoms with van der Waals surface area (Å²) < 4.78 is 0. The van der Waals surface area contributed by atoms with E-state index in [-0.39, 0.29) is 5.92 Å². The van der Waals surface area contributed by atoms with Crippen molar-refractivity contribution in [3.8, 4) is 12.3 Å². The average molecular weight is 232 g/mol. The van der Waals surface area contributed by atoms with Gasteiger partial charge in [-0.2, -0.15) is 0 Å². The van der Waals surface area contributed by atoms with E-state index in [9.17, 15) is 4.79 Å². The van der Waals surface area contributed by atoms with Crippen LogP contribution in [0.4, 0.5) is 0 Å². The molecule has 0 radical (unpaired) electrons. The standard InChI is InChI=1S/C14H20OSi/c1-6-8-12-10-14(16(3,4)5)13(15)9-11(12)7-2/h1,7,10-12H,2,8-9H2,3-5H3/t11-,12-/m1/s1. The lowest BCUT2D eigenvalue weighted by Gasteiger charge is -2.31. The normalized spacial score (nSPS) is 25.9. The van der Waals surface area contributed by atoms with Crippen LogP contribution in [0.5, 0.6) is 0 Å². The zero-order chi connectivity index (χ0) is 12.3. The zero-order valence-electron chi connectivity index (χ0n) is 10.4. The van der Waals surface area contributed by atoms with Crippen LogP contribution < -0.4 is 0 Å². The van der Waals surface area contributed by atoms with Crippen molar-refractivity contribution in [2.24, 2.45) is 11.8 Å². The van der Waals surface area contributed by atoms with Crippen molar-refractivity contribution in [1.29, 1.82) is 0 Å². The van der Waals surface area contributed by atoms with Crippen LogP contribution >= 0.6 is 0 Å². The highest BCUT2D eigenvalue weighted by molar-refractivity contribution is 6.87. The van der Waals surface area contributed by atoms with E-state index in [1.54, 1.807) is 0 Å². The third-order valence-corrected chi connectivity index (χ3v) is 5.18. The minimum atomic E-state index is -1.52. The summed E-state index contributed by atoms with van der Waals surface area (Å²) in [4.78, 5) is 12.0. The molecule has 2 atom stereocenters. The van der Waals surface area contributed by atoms with Gasteiger partial charge >= 0.3 is 0 Å². The van der Waals surface area contributed by atoms with E-state index in [0.29, 0.717) is 24.5 Å². The number of allylic oxidation sites excluding steroid dienone is 3. The fourth-order valence-corrected chi connectivity index (χ4v) is 3.83. The van der Waals surface area contributed by atoms with Crippen LogP contribution in [0.3, 0.4) is 0 Å². The Kier molecular flexibility index (Phi) is 3.93. The minimum absolute atomic E-state index is 0.226. The third kappa shape index (κ3) is 2.74. The smallest absolute Gasteiger partial charge is 0.155 e. The van der Waals surface area contributed by atoms with Crippen LogP contribution in [0.15, 0.2) is 23.9 Å². The molecule has 0 bridgehead atoms. The topological polar surface area (TPSA) is 17.1 Å². The first kappa shape index (κ1) is 13.0. The SMILES string of the molecule is C#CC[C@@H]1C=C([Si](C)(C)C)C(=O)C[C@H]1C=C. The van der Waals surface area contributed by atoms with E-state index in [4.69, 9.17) is 6.42 Å². The Morgan fingerprint density at radius 1 is 1.62 bits per heavy atom. The lowest BCUT2D eigenvalue weighted by molar-refractivity contribution is -0.116. The van der Waals surface area contributed by atoms with Crippen molar-refractivity contribution in [2.75, 3.05) is 0 Å². The number of ketones is 1. The van der Waals surface area contributed by atoms with Crippen molar-refractivity contribution >= 4 is 13.9 Å². The quantitative estimate of drug-likeness (QED) is 0.415. The van der Waals surface area contributed by atoms with Gasteiger partial charge in [-0.15, -0.1) is 18.9 Å². The summed E-state index contributed by atoms with van der Waals surface area (Å²) in [5.74, 6) is 3.54. The van der Waals surface area contributed by atoms with Crippen LogP contribution in [-0.2, 0) is 4.79 Å². The van der Waals surface area contributed by atoms with Crippen molar-refractivity contribution in [2.45, 2.75) is 32.5 Å². The first-order chi connectivity index (χ1) is 7.40. The molecule has 1 rings (SSSR count). The average Bonchev–Trinajstić information content (AvgIpc) is 2.18. The second-order valence-electron chi connectivity index (χ2n) is 5.43. The van der Waals surface area contributed by atoms with Gasteiger partial charge in [-0.25, -0.2) is 0 Å². The van der Waals surface area contributed by atoms with E-state index < -0.39 is 8.07 Å². The van der Waals surface area contributed by atoms with Gasteiger partial charge in [0.25, 0.3) is 0 Å². The highest BCUT2D eigenvalue weighted by Gasteiger charge is 2.33. The second kappa shape index (κ2) is 4.84. The maximum Gasteiger partial charge on any atom is 0.155 e. The molecule has 0 aromatic carbocycles. The molecule has 0 aromatic rings. The molecule has 16 heavy (non-hydrogen) atoms. The Labute approximate surface area is 99.6 Å². The Bertz CT molecular complexity index is 365. The highest BCUT2D eigenvalue weighted by Crippen LogP contribution is 2.33. The summed E-state index contributed by atoms with van der Waals surface area (Å²) in [7, 11) is -1.52. The summed E-state index contributed by atoms with van der Waals surface area (Å²) >= 11 is 0. The number of carbonyl (C=O) groups is 1. The molecule has 0 heterocycles. The molecule has 86 valence electrons. The molecule has 0 fully saturated rings. The Morgan fingerprint density at radius 2 is 2.25 bits per heavy atom. The fraction of sp³-hybridized carbons (Fsp3) is 0.500. The van der Waals surface area contributed by atoms with Crippen LogP contribution in [0.25, 0.3) is 0 Å². The molecule has 2 heteroatoms. The summed E-state index contributed by atoms with van der Waals surface area (Å²) in [6.07, 6.45) is 10.7. The lowest BCUT2D eigenvalue weighted by Crippen LogP contribution is -2.35. The van der Waals surface area contributed by atoms with E-state index in [2.05, 4.69) is 38.2 Å². The van der Waals surface area contributed by atoms with Crippen LogP contribution in [0.1, 0.15) is 12.8 Å². The van der Waals surface area contributed by atoms with Gasteiger partial charge in [0.05, 0.1) is 8.07 Å². The van der Waals surface area contributed by atoms with E-state index in [1.165, 1.54) is 0 Å². The van der Waals surface area contributed by atoms with E-state index in [0.717, 1.165) is 5.20 Å². The van der Waals surface area contributed by atoms with Gasteiger partial charge in [0.2, 0.25) is 0 Å². The second-order valence-corrected chi connectivity index (χ2v) is 10.5. The predicted molar refractivity (Wildman–Crippen MR) is 71.7 cm³/mol. The number of hydrogen-bond acceptors (Lipinski definition) is 1. The Morgan fingerprint density at radius 3 is 2.69 bits per heavy atom. The number of carbonyl (C=O) groups excluding carboxylic acids is 1. The van der Waals surface area contributed by atoms with E-state index >= 15 is 0 Å². The largest absolute Gasteiger partial charge is 0.295 e. The monoisotopic (exact) mass is 232 g/mol. The van der Waals surface area contributed by atoms with Gasteiger partial charge in [-0.3, -0.25) is 4.79 Å². The molecule has 0 saturated heterocycles. The Balaban J connectivity index is 3.06. The van der Waals surface area contributed by atoms with Crippen molar-refractivity contribution in [3.63, 3.8) is 0 Å². The molecule has 0 spiro atoms. The summed E-state index contributed by atoms with van der Waals surface area (Å²) in [5, 5.41) is 1.06. The van der Waals surface area contributed by atoms with Gasteiger partial charge in [-0.05, 0) is 17.0 Å². The molecule has 1 aliphatic carbocycles. The predicted octanol–water partition coefficient (Wildman–Crippen LogP) is 3.20. The number of hydrogen-bond donors (Lipinski definition) is 0. The maximum absolute atomic E-state index is 12.0. The summed E-state index contributed by atoms with van der Waals surface area (Å²) in [6, 6.07) is 0. The number of rotatable bonds is 3. The van der Waals surface area contributed by atoms with Gasteiger partial charge < -0.3 is 0 Å². The molecule has 0 unspecified atom stereocenters. The van der Waals surface area contributed by atoms with Crippen LogP contribution in [-0.4, -0.2) is 13.9 Å². The van der Waals surface area contributed by atoms with Gasteiger partial charge in [0.15, 0.2) is 5.78 Å². The molecule has 0 aromatic heterocycles. The molecule has 0 saturated carbocycles. The van der Waals surface area contributed by atoms with Crippen LogP contribution in [0.2, 0.25) is 19.6 Å². The molecule has 0 aliphatic heterocycles. The van der Waals surface area contributed by atoms with Gasteiger partial charge in [-0.1, -0.05) is 31.8 Å². The molecule has 0 amide bonds. The molecule has 0 N–H and O–H groups in total. The minimum Gasteiger partial charge on any atom is -0.295 e. The Hall–Kier alpha value is -1.07. The molecule has 1 nitrogen and oxygen atoms in total. The van der Waals surface area contributed by atoms with Crippen LogP contribution in [0, 0.1) is 24.2 Å². The molecular formula is C14H20OSi. The fourth-order valence-electron chi connectivity index (χ4n) is 2.18. The summed E-state index contributed by atoms with van der Waals surface area (Å²) in [5.41, 5.74) is 0. The van der Waals surface area contributed by atoms with Gasteiger partial charge in [0.1, 0.15) is 0 Å². The van der Waals surface area contributed by atoms with Gasteiger partial charge in [0, 0.05) is 12.8 Å². The zero-order valence-corrected chi connectivity index (χ0v) is 11.4. The molecular weight excluding hydrogens is 212 g/mol. The summed E-state index contributed by atoms with van der Waals surface area (Å²) in [6.45, 7) is 10.4. The van der Waals surface area contributed by atoms with Crippen molar-refractivity contribution in [3.05, 3.63) is 23.9 Å². The third-order valence-electron chi connectivity index (χ3n) is 3.12. The lowest BCUT2D eigenvalue weighted by atomic mass is 9.81. The molecule has 1 aliphatic rings. The maximum atomic E-state index is 12.0. The first-order valence-electron chi connectivity index (χ1n) is 5.71. The highest BCUT2D eigenvalue weighted by atomic mass is 28.3. The van der Waals surface area contributed by atoms with Crippen molar-refractivity contribution < 1.29 is 4.79 Å². The first-order valence-corrected chi connectivity index (χ1v) is 9.21. The number of Topliss-reactive ketones (excluding diaryl/α,β-unsaturated/α-hetero) is 1.